The minimum absolute atomic E-state index is 0.0565. The molecule has 2 rings (SSSR count). The lowest BCUT2D eigenvalue weighted by atomic mass is 10.2. The van der Waals surface area contributed by atoms with Gasteiger partial charge in [-0.25, -0.2) is 4.98 Å². The summed E-state index contributed by atoms with van der Waals surface area (Å²) in [7, 11) is 4.05. The smallest absolute Gasteiger partial charge is 0.242 e. The zero-order valence-electron chi connectivity index (χ0n) is 13.8. The van der Waals surface area contributed by atoms with E-state index in [1.165, 1.54) is 0 Å². The summed E-state index contributed by atoms with van der Waals surface area (Å²) in [6, 6.07) is 0. The maximum atomic E-state index is 6.14. The Morgan fingerprint density at radius 1 is 1.41 bits per heavy atom. The second-order valence-electron chi connectivity index (χ2n) is 5.73. The SMILES string of the molecule is CCCOc1nc(C2CCCO2)nc(NCCN(C)C)c1N. The van der Waals surface area contributed by atoms with Crippen molar-refractivity contribution in [3.05, 3.63) is 5.82 Å². The van der Waals surface area contributed by atoms with Gasteiger partial charge in [0.2, 0.25) is 5.88 Å². The molecule has 1 saturated heterocycles. The number of aromatic nitrogens is 2. The lowest BCUT2D eigenvalue weighted by Crippen LogP contribution is -2.22. The van der Waals surface area contributed by atoms with Gasteiger partial charge in [0.1, 0.15) is 11.8 Å². The van der Waals surface area contributed by atoms with Gasteiger partial charge in [0.25, 0.3) is 0 Å². The third-order valence-electron chi connectivity index (χ3n) is 3.44. The molecule has 0 spiro atoms. The highest BCUT2D eigenvalue weighted by molar-refractivity contribution is 5.67. The predicted octanol–water partition coefficient (Wildman–Crippen LogP) is 1.67. The number of ether oxygens (including phenoxy) is 2. The normalized spacial score (nSPS) is 17.9. The number of nitrogen functional groups attached to an aromatic ring is 1. The van der Waals surface area contributed by atoms with Gasteiger partial charge in [0.05, 0.1) is 6.61 Å². The van der Waals surface area contributed by atoms with Crippen LogP contribution in [0.5, 0.6) is 5.88 Å². The van der Waals surface area contributed by atoms with E-state index in [9.17, 15) is 0 Å². The van der Waals surface area contributed by atoms with E-state index in [2.05, 4.69) is 27.1 Å². The Bertz CT molecular complexity index is 475. The number of nitrogens with zero attached hydrogens (tertiary/aromatic N) is 3. The standard InChI is InChI=1S/C15H27N5O2/c1-4-9-22-15-12(16)14(17-7-8-20(2)3)18-13(19-15)11-6-5-10-21-11/h11H,4-10,16H2,1-3H3,(H,17,18,19). The molecule has 0 aliphatic carbocycles. The summed E-state index contributed by atoms with van der Waals surface area (Å²) in [5, 5.41) is 3.27. The Morgan fingerprint density at radius 3 is 2.86 bits per heavy atom. The molecule has 22 heavy (non-hydrogen) atoms. The molecule has 7 heteroatoms. The first-order chi connectivity index (χ1) is 10.6. The summed E-state index contributed by atoms with van der Waals surface area (Å²) in [4.78, 5) is 11.1. The monoisotopic (exact) mass is 309 g/mol. The fourth-order valence-electron chi connectivity index (χ4n) is 2.23. The summed E-state index contributed by atoms with van der Waals surface area (Å²) in [5.41, 5.74) is 6.61. The molecule has 124 valence electrons. The van der Waals surface area contributed by atoms with Crippen LogP contribution in [0.15, 0.2) is 0 Å². The third-order valence-corrected chi connectivity index (χ3v) is 3.44. The molecule has 2 heterocycles. The van der Waals surface area contributed by atoms with E-state index in [-0.39, 0.29) is 6.10 Å². The van der Waals surface area contributed by atoms with Gasteiger partial charge in [-0.2, -0.15) is 4.98 Å². The fraction of sp³-hybridized carbons (Fsp3) is 0.733. The van der Waals surface area contributed by atoms with Gasteiger partial charge in [-0.3, -0.25) is 0 Å². The second kappa shape index (κ2) is 8.14. The van der Waals surface area contributed by atoms with Crippen LogP contribution < -0.4 is 15.8 Å². The van der Waals surface area contributed by atoms with Gasteiger partial charge < -0.3 is 25.4 Å². The van der Waals surface area contributed by atoms with Crippen LogP contribution >= 0.6 is 0 Å². The molecule has 1 unspecified atom stereocenters. The van der Waals surface area contributed by atoms with Gasteiger partial charge >= 0.3 is 0 Å². The number of nitrogens with one attached hydrogen (secondary N) is 1. The summed E-state index contributed by atoms with van der Waals surface area (Å²) < 4.78 is 11.4. The first-order valence-electron chi connectivity index (χ1n) is 7.92. The molecule has 0 saturated carbocycles. The van der Waals surface area contributed by atoms with Crippen molar-refractivity contribution in [2.45, 2.75) is 32.3 Å². The molecule has 1 aliphatic heterocycles. The third kappa shape index (κ3) is 4.45. The highest BCUT2D eigenvalue weighted by atomic mass is 16.5. The van der Waals surface area contributed by atoms with Crippen LogP contribution in [0.2, 0.25) is 0 Å². The molecule has 0 bridgehead atoms. The minimum atomic E-state index is -0.0565. The van der Waals surface area contributed by atoms with Crippen molar-refractivity contribution < 1.29 is 9.47 Å². The summed E-state index contributed by atoms with van der Waals surface area (Å²) >= 11 is 0. The van der Waals surface area contributed by atoms with E-state index in [0.717, 1.165) is 39.0 Å². The molecule has 0 radical (unpaired) electrons. The average Bonchev–Trinajstić information content (AvgIpc) is 3.01. The number of rotatable bonds is 8. The number of nitrogens with two attached hydrogens (primary N) is 1. The second-order valence-corrected chi connectivity index (χ2v) is 5.73. The van der Waals surface area contributed by atoms with E-state index in [1.807, 2.05) is 14.1 Å². The maximum Gasteiger partial charge on any atom is 0.242 e. The quantitative estimate of drug-likeness (QED) is 0.755. The van der Waals surface area contributed by atoms with Crippen molar-refractivity contribution in [2.24, 2.45) is 0 Å². The summed E-state index contributed by atoms with van der Waals surface area (Å²) in [6.07, 6.45) is 2.82. The number of likely N-dealkylation sites (N-methyl/N-ethyl adjacent to an activating group) is 1. The first-order valence-corrected chi connectivity index (χ1v) is 7.92. The van der Waals surface area contributed by atoms with Crippen LogP contribution in [0, 0.1) is 0 Å². The Balaban J connectivity index is 2.18. The largest absolute Gasteiger partial charge is 0.476 e. The van der Waals surface area contributed by atoms with Crippen molar-refractivity contribution in [3.63, 3.8) is 0 Å². The highest BCUT2D eigenvalue weighted by Crippen LogP contribution is 2.32. The molecular formula is C15H27N5O2. The fourth-order valence-corrected chi connectivity index (χ4v) is 2.23. The van der Waals surface area contributed by atoms with Gasteiger partial charge in [0, 0.05) is 19.7 Å². The van der Waals surface area contributed by atoms with E-state index in [0.29, 0.717) is 29.8 Å². The molecule has 1 aromatic heterocycles. The van der Waals surface area contributed by atoms with Crippen molar-refractivity contribution >= 4 is 11.5 Å². The van der Waals surface area contributed by atoms with Crippen LogP contribution in [0.1, 0.15) is 38.1 Å². The highest BCUT2D eigenvalue weighted by Gasteiger charge is 2.23. The lowest BCUT2D eigenvalue weighted by Gasteiger charge is -2.17. The summed E-state index contributed by atoms with van der Waals surface area (Å²) in [6.45, 7) is 5.04. The van der Waals surface area contributed by atoms with Gasteiger partial charge in [-0.1, -0.05) is 6.92 Å². The number of anilines is 2. The zero-order chi connectivity index (χ0) is 15.9. The molecule has 0 amide bonds. The Kier molecular flexibility index (Phi) is 6.21. The molecule has 1 aromatic rings. The van der Waals surface area contributed by atoms with E-state index in [1.54, 1.807) is 0 Å². The molecular weight excluding hydrogens is 282 g/mol. The Morgan fingerprint density at radius 2 is 2.23 bits per heavy atom. The van der Waals surface area contributed by atoms with Crippen molar-refractivity contribution in [1.82, 2.24) is 14.9 Å². The average molecular weight is 309 g/mol. The van der Waals surface area contributed by atoms with Gasteiger partial charge in [-0.05, 0) is 33.4 Å². The Hall–Kier alpha value is -1.60. The molecule has 1 aliphatic rings. The number of hydrogen-bond donors (Lipinski definition) is 2. The van der Waals surface area contributed by atoms with Crippen LogP contribution in [0.3, 0.4) is 0 Å². The lowest BCUT2D eigenvalue weighted by molar-refractivity contribution is 0.104. The van der Waals surface area contributed by atoms with Crippen LogP contribution in [0.25, 0.3) is 0 Å². The molecule has 3 N–H and O–H groups in total. The predicted molar refractivity (Wildman–Crippen MR) is 87.2 cm³/mol. The van der Waals surface area contributed by atoms with Gasteiger partial charge in [0.15, 0.2) is 11.6 Å². The first kappa shape index (κ1) is 16.8. The minimum Gasteiger partial charge on any atom is -0.476 e. The topological polar surface area (TPSA) is 85.5 Å². The van der Waals surface area contributed by atoms with Crippen LogP contribution in [0.4, 0.5) is 11.5 Å². The van der Waals surface area contributed by atoms with Crippen molar-refractivity contribution in [2.75, 3.05) is 51.4 Å². The summed E-state index contributed by atoms with van der Waals surface area (Å²) in [5.74, 6) is 1.74. The maximum absolute atomic E-state index is 6.14. The van der Waals surface area contributed by atoms with E-state index >= 15 is 0 Å². The van der Waals surface area contributed by atoms with Crippen molar-refractivity contribution in [3.8, 4) is 5.88 Å². The number of hydrogen-bond acceptors (Lipinski definition) is 7. The van der Waals surface area contributed by atoms with E-state index < -0.39 is 0 Å². The Labute approximate surface area is 132 Å². The zero-order valence-corrected chi connectivity index (χ0v) is 13.8. The molecule has 1 fully saturated rings. The van der Waals surface area contributed by atoms with Crippen LogP contribution in [-0.4, -0.2) is 55.3 Å². The van der Waals surface area contributed by atoms with Crippen LogP contribution in [-0.2, 0) is 4.74 Å². The molecule has 7 nitrogen and oxygen atoms in total. The van der Waals surface area contributed by atoms with Gasteiger partial charge in [-0.15, -0.1) is 0 Å². The van der Waals surface area contributed by atoms with E-state index in [4.69, 9.17) is 15.2 Å². The molecule has 0 aromatic carbocycles. The van der Waals surface area contributed by atoms with Crippen molar-refractivity contribution in [1.29, 1.82) is 0 Å². The molecule has 1 atom stereocenters.